The van der Waals surface area contributed by atoms with E-state index < -0.39 is 18.0 Å². The molecule has 1 aromatic heterocycles. The second-order valence-electron chi connectivity index (χ2n) is 4.64. The second kappa shape index (κ2) is 6.66. The van der Waals surface area contributed by atoms with Crippen LogP contribution in [0.25, 0.3) is 0 Å². The third kappa shape index (κ3) is 3.57. The van der Waals surface area contributed by atoms with Crippen LogP contribution in [0, 0.1) is 6.92 Å². The molecule has 7 nitrogen and oxygen atoms in total. The van der Waals surface area contributed by atoms with Crippen molar-refractivity contribution in [2.24, 2.45) is 0 Å². The fourth-order valence-corrected chi connectivity index (χ4v) is 1.72. The van der Waals surface area contributed by atoms with Crippen molar-refractivity contribution in [2.45, 2.75) is 20.0 Å². The third-order valence-corrected chi connectivity index (χ3v) is 2.98. The minimum atomic E-state index is -0.992. The minimum absolute atomic E-state index is 0.0426. The van der Waals surface area contributed by atoms with E-state index in [4.69, 9.17) is 10.5 Å². The van der Waals surface area contributed by atoms with E-state index in [0.717, 1.165) is 5.56 Å². The Balaban J connectivity index is 2.01. The fraction of sp³-hybridized carbons (Fsp3) is 0.200. The van der Waals surface area contributed by atoms with Crippen molar-refractivity contribution >= 4 is 23.4 Å². The number of aryl methyl sites for hydroxylation is 1. The van der Waals surface area contributed by atoms with Gasteiger partial charge in [0.15, 0.2) is 17.6 Å². The van der Waals surface area contributed by atoms with Gasteiger partial charge in [-0.25, -0.2) is 14.8 Å². The van der Waals surface area contributed by atoms with Gasteiger partial charge in [-0.05, 0) is 25.5 Å². The predicted octanol–water partition coefficient (Wildman–Crippen LogP) is 1.55. The van der Waals surface area contributed by atoms with Gasteiger partial charge in [-0.15, -0.1) is 0 Å². The second-order valence-corrected chi connectivity index (χ2v) is 4.64. The molecule has 0 saturated carbocycles. The van der Waals surface area contributed by atoms with Crippen LogP contribution >= 0.6 is 0 Å². The molecule has 0 radical (unpaired) electrons. The van der Waals surface area contributed by atoms with E-state index in [1.165, 1.54) is 19.3 Å². The number of nitrogens with one attached hydrogen (secondary N) is 1. The van der Waals surface area contributed by atoms with Crippen molar-refractivity contribution in [3.05, 3.63) is 47.9 Å². The summed E-state index contributed by atoms with van der Waals surface area (Å²) in [4.78, 5) is 31.5. The molecule has 7 heteroatoms. The summed E-state index contributed by atoms with van der Waals surface area (Å²) in [6.45, 7) is 3.34. The lowest BCUT2D eigenvalue weighted by Gasteiger charge is -2.14. The number of benzene rings is 1. The first kappa shape index (κ1) is 15.4. The number of anilines is 2. The summed E-state index contributed by atoms with van der Waals surface area (Å²) in [5.41, 5.74) is 7.00. The molecule has 0 aliphatic carbocycles. The number of carbonyl (C=O) groups excluding carboxylic acids is 2. The van der Waals surface area contributed by atoms with Gasteiger partial charge in [-0.3, -0.25) is 4.79 Å². The van der Waals surface area contributed by atoms with Gasteiger partial charge in [0.05, 0.1) is 0 Å². The molecule has 3 N–H and O–H groups in total. The zero-order valence-corrected chi connectivity index (χ0v) is 12.2. The van der Waals surface area contributed by atoms with E-state index in [9.17, 15) is 9.59 Å². The van der Waals surface area contributed by atoms with Crippen molar-refractivity contribution < 1.29 is 14.3 Å². The van der Waals surface area contributed by atoms with Crippen LogP contribution in [0.4, 0.5) is 11.5 Å². The number of nitrogens with zero attached hydrogens (tertiary/aromatic N) is 2. The molecule has 1 atom stereocenters. The third-order valence-electron chi connectivity index (χ3n) is 2.98. The van der Waals surface area contributed by atoms with Crippen LogP contribution in [0.3, 0.4) is 0 Å². The molecule has 0 aliphatic heterocycles. The molecule has 1 aromatic carbocycles. The van der Waals surface area contributed by atoms with Crippen LogP contribution in [-0.2, 0) is 9.53 Å². The monoisotopic (exact) mass is 300 g/mol. The zero-order chi connectivity index (χ0) is 16.1. The number of rotatable bonds is 4. The number of para-hydroxylation sites is 1. The largest absolute Gasteiger partial charge is 0.448 e. The van der Waals surface area contributed by atoms with E-state index >= 15 is 0 Å². The van der Waals surface area contributed by atoms with E-state index in [1.54, 1.807) is 12.1 Å². The van der Waals surface area contributed by atoms with Gasteiger partial charge in [0.2, 0.25) is 0 Å². The zero-order valence-electron chi connectivity index (χ0n) is 12.2. The number of amides is 1. The molecule has 0 spiro atoms. The Morgan fingerprint density at radius 3 is 2.59 bits per heavy atom. The van der Waals surface area contributed by atoms with Gasteiger partial charge in [0.1, 0.15) is 0 Å². The average molecular weight is 300 g/mol. The van der Waals surface area contributed by atoms with Crippen LogP contribution in [0.1, 0.15) is 23.0 Å². The highest BCUT2D eigenvalue weighted by Crippen LogP contribution is 2.14. The highest BCUT2D eigenvalue weighted by atomic mass is 16.5. The summed E-state index contributed by atoms with van der Waals surface area (Å²) in [5.74, 6) is -1.28. The topological polar surface area (TPSA) is 107 Å². The lowest BCUT2D eigenvalue weighted by Crippen LogP contribution is -2.30. The number of ether oxygens (including phenoxy) is 1. The number of hydrogen-bond acceptors (Lipinski definition) is 6. The van der Waals surface area contributed by atoms with Crippen LogP contribution in [-0.4, -0.2) is 27.9 Å². The number of nitrogen functional groups attached to an aromatic ring is 1. The van der Waals surface area contributed by atoms with Gasteiger partial charge >= 0.3 is 5.97 Å². The maximum absolute atomic E-state index is 12.1. The normalized spacial score (nSPS) is 11.5. The Morgan fingerprint density at radius 2 is 1.91 bits per heavy atom. The fourth-order valence-electron chi connectivity index (χ4n) is 1.72. The molecule has 0 fully saturated rings. The SMILES string of the molecule is Cc1ccccc1NC(=O)C(C)OC(=O)c1nccnc1N. The molecule has 114 valence electrons. The standard InChI is InChI=1S/C15H16N4O3/c1-9-5-3-4-6-11(9)19-14(20)10(2)22-15(21)12-13(16)18-8-7-17-12/h3-8,10H,1-2H3,(H2,16,18)(H,19,20). The van der Waals surface area contributed by atoms with Crippen molar-refractivity contribution in [1.29, 1.82) is 0 Å². The van der Waals surface area contributed by atoms with Gasteiger partial charge < -0.3 is 15.8 Å². The lowest BCUT2D eigenvalue weighted by molar-refractivity contribution is -0.123. The molecule has 22 heavy (non-hydrogen) atoms. The van der Waals surface area contributed by atoms with Gasteiger partial charge in [-0.1, -0.05) is 18.2 Å². The molecule has 1 amide bonds. The molecule has 0 aliphatic rings. The molecular formula is C15H16N4O3. The first-order valence-corrected chi connectivity index (χ1v) is 6.63. The first-order valence-electron chi connectivity index (χ1n) is 6.63. The van der Waals surface area contributed by atoms with Crippen molar-refractivity contribution in [1.82, 2.24) is 9.97 Å². The quantitative estimate of drug-likeness (QED) is 0.830. The number of hydrogen-bond donors (Lipinski definition) is 2. The van der Waals surface area contributed by atoms with Crippen molar-refractivity contribution in [3.8, 4) is 0 Å². The van der Waals surface area contributed by atoms with E-state index in [2.05, 4.69) is 15.3 Å². The Bertz CT molecular complexity index is 703. The molecule has 1 unspecified atom stereocenters. The average Bonchev–Trinajstić information content (AvgIpc) is 2.49. The van der Waals surface area contributed by atoms with Gasteiger partial charge in [0, 0.05) is 18.1 Å². The van der Waals surface area contributed by atoms with Crippen LogP contribution in [0.15, 0.2) is 36.7 Å². The number of esters is 1. The van der Waals surface area contributed by atoms with E-state index in [1.807, 2.05) is 19.1 Å². The first-order chi connectivity index (χ1) is 10.5. The molecule has 1 heterocycles. The summed E-state index contributed by atoms with van der Waals surface area (Å²) in [5, 5.41) is 2.70. The molecule has 0 saturated heterocycles. The van der Waals surface area contributed by atoms with E-state index in [0.29, 0.717) is 5.69 Å². The number of nitrogens with two attached hydrogens (primary N) is 1. The molecule has 0 bridgehead atoms. The Kier molecular flexibility index (Phi) is 4.67. The predicted molar refractivity (Wildman–Crippen MR) is 81.1 cm³/mol. The van der Waals surface area contributed by atoms with Crippen LogP contribution < -0.4 is 11.1 Å². The number of aromatic nitrogens is 2. The smallest absolute Gasteiger partial charge is 0.361 e. The lowest BCUT2D eigenvalue weighted by atomic mass is 10.2. The van der Waals surface area contributed by atoms with Crippen molar-refractivity contribution in [2.75, 3.05) is 11.1 Å². The van der Waals surface area contributed by atoms with Crippen LogP contribution in [0.5, 0.6) is 0 Å². The molecule has 2 rings (SSSR count). The summed E-state index contributed by atoms with van der Waals surface area (Å²) in [6, 6.07) is 7.31. The summed E-state index contributed by atoms with van der Waals surface area (Å²) in [6.07, 6.45) is 1.69. The van der Waals surface area contributed by atoms with Gasteiger partial charge in [0.25, 0.3) is 5.91 Å². The molecular weight excluding hydrogens is 284 g/mol. The minimum Gasteiger partial charge on any atom is -0.448 e. The Morgan fingerprint density at radius 1 is 1.23 bits per heavy atom. The highest BCUT2D eigenvalue weighted by Gasteiger charge is 2.22. The van der Waals surface area contributed by atoms with Crippen molar-refractivity contribution in [3.63, 3.8) is 0 Å². The molecule has 2 aromatic rings. The summed E-state index contributed by atoms with van der Waals surface area (Å²) >= 11 is 0. The summed E-state index contributed by atoms with van der Waals surface area (Å²) < 4.78 is 5.06. The van der Waals surface area contributed by atoms with Gasteiger partial charge in [-0.2, -0.15) is 0 Å². The maximum Gasteiger partial charge on any atom is 0.361 e. The van der Waals surface area contributed by atoms with E-state index in [-0.39, 0.29) is 11.5 Å². The maximum atomic E-state index is 12.1. The Labute approximate surface area is 127 Å². The van der Waals surface area contributed by atoms with Crippen LogP contribution in [0.2, 0.25) is 0 Å². The summed E-state index contributed by atoms with van der Waals surface area (Å²) in [7, 11) is 0. The number of carbonyl (C=O) groups is 2. The Hall–Kier alpha value is -2.96. The highest BCUT2D eigenvalue weighted by molar-refractivity contribution is 5.98.